The second kappa shape index (κ2) is 6.03. The summed E-state index contributed by atoms with van der Waals surface area (Å²) in [5.74, 6) is 0.857. The van der Waals surface area contributed by atoms with E-state index in [0.29, 0.717) is 6.04 Å². The molecule has 3 heterocycles. The van der Waals surface area contributed by atoms with Crippen LogP contribution in [0.2, 0.25) is 0 Å². The number of piperazine rings is 1. The topological polar surface area (TPSA) is 54.2 Å². The van der Waals surface area contributed by atoms with Crippen LogP contribution in [0.5, 0.6) is 0 Å². The van der Waals surface area contributed by atoms with Crippen LogP contribution in [0, 0.1) is 6.92 Å². The van der Waals surface area contributed by atoms with Gasteiger partial charge >= 0.3 is 0 Å². The van der Waals surface area contributed by atoms with Crippen LogP contribution in [0.25, 0.3) is 10.4 Å². The van der Waals surface area contributed by atoms with Gasteiger partial charge < -0.3 is 9.84 Å². The Hall–Kier alpha value is -1.24. The van der Waals surface area contributed by atoms with Gasteiger partial charge in [-0.05, 0) is 13.3 Å². The molecule has 6 heteroatoms. The zero-order chi connectivity index (χ0) is 13.9. The lowest BCUT2D eigenvalue weighted by atomic mass is 10.2. The molecule has 2 aromatic rings. The summed E-state index contributed by atoms with van der Waals surface area (Å²) in [4.78, 5) is 8.32. The van der Waals surface area contributed by atoms with Gasteiger partial charge in [0, 0.05) is 32.4 Å². The summed E-state index contributed by atoms with van der Waals surface area (Å²) in [6.45, 7) is 8.51. The molecule has 0 aliphatic carbocycles. The van der Waals surface area contributed by atoms with Gasteiger partial charge in [-0.25, -0.2) is 4.98 Å². The average molecular weight is 292 g/mol. The largest absolute Gasteiger partial charge is 0.361 e. The van der Waals surface area contributed by atoms with Gasteiger partial charge in [0.05, 0.1) is 22.7 Å². The van der Waals surface area contributed by atoms with Crippen molar-refractivity contribution in [1.82, 2.24) is 20.4 Å². The molecule has 2 aromatic heterocycles. The summed E-state index contributed by atoms with van der Waals surface area (Å²) in [7, 11) is 0. The first-order valence-electron chi connectivity index (χ1n) is 7.11. The second-order valence-electron chi connectivity index (χ2n) is 5.07. The number of hydrogen-bond acceptors (Lipinski definition) is 6. The van der Waals surface area contributed by atoms with Crippen LogP contribution in [0.15, 0.2) is 16.9 Å². The maximum absolute atomic E-state index is 5.14. The van der Waals surface area contributed by atoms with E-state index in [9.17, 15) is 0 Å². The highest BCUT2D eigenvalue weighted by molar-refractivity contribution is 7.15. The van der Waals surface area contributed by atoms with Crippen molar-refractivity contribution in [1.29, 1.82) is 0 Å². The summed E-state index contributed by atoms with van der Waals surface area (Å²) in [5, 5.41) is 8.45. The van der Waals surface area contributed by atoms with Gasteiger partial charge in [-0.2, -0.15) is 0 Å². The molecule has 1 saturated heterocycles. The van der Waals surface area contributed by atoms with Crippen LogP contribution in [0.1, 0.15) is 30.2 Å². The van der Waals surface area contributed by atoms with Crippen LogP contribution < -0.4 is 5.32 Å². The third kappa shape index (κ3) is 2.63. The molecule has 108 valence electrons. The van der Waals surface area contributed by atoms with Gasteiger partial charge in [-0.15, -0.1) is 11.3 Å². The molecule has 0 saturated carbocycles. The summed E-state index contributed by atoms with van der Waals surface area (Å²) >= 11 is 1.76. The lowest BCUT2D eigenvalue weighted by molar-refractivity contribution is 0.169. The first-order chi connectivity index (χ1) is 9.79. The van der Waals surface area contributed by atoms with E-state index in [2.05, 4.69) is 27.3 Å². The number of nitrogens with zero attached hydrogens (tertiary/aromatic N) is 3. The predicted octanol–water partition coefficient (Wildman–Crippen LogP) is 2.46. The molecule has 1 aliphatic rings. The van der Waals surface area contributed by atoms with E-state index in [4.69, 9.17) is 4.52 Å². The minimum atomic E-state index is 0.427. The molecule has 1 N–H and O–H groups in total. The molecule has 3 rings (SSSR count). The van der Waals surface area contributed by atoms with E-state index < -0.39 is 0 Å². The van der Waals surface area contributed by atoms with E-state index in [1.807, 2.05) is 13.1 Å². The molecule has 0 radical (unpaired) electrons. The monoisotopic (exact) mass is 292 g/mol. The molecule has 0 amide bonds. The summed E-state index contributed by atoms with van der Waals surface area (Å²) in [6, 6.07) is 0.427. The van der Waals surface area contributed by atoms with Crippen molar-refractivity contribution in [3.63, 3.8) is 0 Å². The van der Waals surface area contributed by atoms with Gasteiger partial charge in [-0.1, -0.05) is 12.1 Å². The quantitative estimate of drug-likeness (QED) is 0.938. The summed E-state index contributed by atoms with van der Waals surface area (Å²) in [5.41, 5.74) is 1.06. The van der Waals surface area contributed by atoms with Crippen molar-refractivity contribution in [2.45, 2.75) is 26.3 Å². The Kier molecular flexibility index (Phi) is 4.14. The van der Waals surface area contributed by atoms with E-state index in [1.165, 1.54) is 5.01 Å². The Morgan fingerprint density at radius 2 is 2.20 bits per heavy atom. The normalized spacial score (nSPS) is 18.3. The Morgan fingerprint density at radius 3 is 2.85 bits per heavy atom. The minimum absolute atomic E-state index is 0.427. The number of rotatable bonds is 4. The van der Waals surface area contributed by atoms with E-state index in [1.54, 1.807) is 17.5 Å². The molecule has 1 atom stereocenters. The molecule has 5 nitrogen and oxygen atoms in total. The first kappa shape index (κ1) is 13.7. The molecule has 0 spiro atoms. The lowest BCUT2D eigenvalue weighted by Gasteiger charge is -2.33. The van der Waals surface area contributed by atoms with Gasteiger partial charge in [-0.3, -0.25) is 4.90 Å². The molecular formula is C14H20N4OS. The number of aromatic nitrogens is 2. The third-order valence-corrected chi connectivity index (χ3v) is 4.94. The van der Waals surface area contributed by atoms with Crippen LogP contribution in [0.3, 0.4) is 0 Å². The van der Waals surface area contributed by atoms with Crippen molar-refractivity contribution < 1.29 is 4.52 Å². The zero-order valence-electron chi connectivity index (χ0n) is 11.9. The number of aryl methyl sites for hydroxylation is 1. The van der Waals surface area contributed by atoms with Crippen molar-refractivity contribution in [3.05, 3.63) is 23.2 Å². The highest BCUT2D eigenvalue weighted by atomic mass is 32.1. The van der Waals surface area contributed by atoms with Gasteiger partial charge in [0.1, 0.15) is 10.8 Å². The van der Waals surface area contributed by atoms with Crippen molar-refractivity contribution in [3.8, 4) is 10.4 Å². The van der Waals surface area contributed by atoms with Crippen molar-refractivity contribution in [2.24, 2.45) is 0 Å². The molecule has 0 aromatic carbocycles. The Labute approximate surface area is 123 Å². The van der Waals surface area contributed by atoms with Crippen molar-refractivity contribution >= 4 is 11.3 Å². The Morgan fingerprint density at radius 1 is 1.40 bits per heavy atom. The number of nitrogens with one attached hydrogen (secondary N) is 1. The fourth-order valence-corrected chi connectivity index (χ4v) is 3.88. The smallest absolute Gasteiger partial charge is 0.142 e. The Bertz CT molecular complexity index is 559. The highest BCUT2D eigenvalue weighted by Gasteiger charge is 2.23. The zero-order valence-corrected chi connectivity index (χ0v) is 12.7. The van der Waals surface area contributed by atoms with E-state index in [-0.39, 0.29) is 0 Å². The third-order valence-electron chi connectivity index (χ3n) is 3.80. The molecule has 20 heavy (non-hydrogen) atoms. The van der Waals surface area contributed by atoms with Gasteiger partial charge in [0.2, 0.25) is 0 Å². The molecule has 1 fully saturated rings. The van der Waals surface area contributed by atoms with Crippen LogP contribution in [-0.4, -0.2) is 41.2 Å². The average Bonchev–Trinajstić information content (AvgIpc) is 3.10. The van der Waals surface area contributed by atoms with Crippen LogP contribution >= 0.6 is 11.3 Å². The highest BCUT2D eigenvalue weighted by Crippen LogP contribution is 2.34. The molecule has 0 bridgehead atoms. The number of thiazole rings is 1. The molecular weight excluding hydrogens is 272 g/mol. The fraction of sp³-hybridized carbons (Fsp3) is 0.571. The minimum Gasteiger partial charge on any atom is -0.361 e. The fourth-order valence-electron chi connectivity index (χ4n) is 2.68. The molecule has 1 unspecified atom stereocenters. The summed E-state index contributed by atoms with van der Waals surface area (Å²) < 4.78 is 5.14. The standard InChI is InChI=1S/C14H20N4OS/c1-3-12(18-6-4-15-5-7-18)14-16-9-13(20-14)11-8-17-19-10(11)2/h8-9,12,15H,3-7H2,1-2H3. The number of hydrogen-bond donors (Lipinski definition) is 1. The Balaban J connectivity index is 1.82. The first-order valence-corrected chi connectivity index (χ1v) is 7.93. The van der Waals surface area contributed by atoms with Crippen molar-refractivity contribution in [2.75, 3.05) is 26.2 Å². The van der Waals surface area contributed by atoms with Gasteiger partial charge in [0.15, 0.2) is 0 Å². The maximum Gasteiger partial charge on any atom is 0.142 e. The van der Waals surface area contributed by atoms with Gasteiger partial charge in [0.25, 0.3) is 0 Å². The maximum atomic E-state index is 5.14. The SMILES string of the molecule is CCC(c1ncc(-c2cnoc2C)s1)N1CCNCC1. The predicted molar refractivity (Wildman–Crippen MR) is 79.8 cm³/mol. The molecule has 1 aliphatic heterocycles. The summed E-state index contributed by atoms with van der Waals surface area (Å²) in [6.07, 6.45) is 4.82. The van der Waals surface area contributed by atoms with E-state index in [0.717, 1.165) is 48.8 Å². The van der Waals surface area contributed by atoms with Crippen LogP contribution in [-0.2, 0) is 0 Å². The van der Waals surface area contributed by atoms with E-state index >= 15 is 0 Å². The van der Waals surface area contributed by atoms with Crippen LogP contribution in [0.4, 0.5) is 0 Å². The lowest BCUT2D eigenvalue weighted by Crippen LogP contribution is -2.45. The second-order valence-corrected chi connectivity index (χ2v) is 6.13.